The minimum Gasteiger partial charge on any atom is -0.355 e. The molecule has 4 rings (SSSR count). The molecule has 5 nitrogen and oxygen atoms in total. The summed E-state index contributed by atoms with van der Waals surface area (Å²) in [6, 6.07) is 8.95. The molecule has 1 saturated carbocycles. The number of halogens is 1. The van der Waals surface area contributed by atoms with Gasteiger partial charge in [-0.05, 0) is 49.9 Å². The number of hydrogen-bond acceptors (Lipinski definition) is 4. The Kier molecular flexibility index (Phi) is 4.06. The SMILES string of the molecule is O=C(c1cc(-c2ccc(Cl)cc2)on1)N1CCOC12CCCCC2. The van der Waals surface area contributed by atoms with Crippen LogP contribution in [0.5, 0.6) is 0 Å². The van der Waals surface area contributed by atoms with E-state index in [2.05, 4.69) is 5.16 Å². The normalized spacial score (nSPS) is 19.8. The third-order valence-electron chi connectivity index (χ3n) is 4.92. The highest BCUT2D eigenvalue weighted by atomic mass is 35.5. The third-order valence-corrected chi connectivity index (χ3v) is 5.17. The van der Waals surface area contributed by atoms with Crippen LogP contribution in [-0.4, -0.2) is 34.8 Å². The van der Waals surface area contributed by atoms with Gasteiger partial charge in [0.2, 0.25) is 0 Å². The van der Waals surface area contributed by atoms with Crippen LogP contribution in [0.4, 0.5) is 0 Å². The van der Waals surface area contributed by atoms with Crippen molar-refractivity contribution in [3.05, 3.63) is 41.0 Å². The van der Waals surface area contributed by atoms with Crippen LogP contribution in [0.3, 0.4) is 0 Å². The lowest BCUT2D eigenvalue weighted by Crippen LogP contribution is -2.49. The van der Waals surface area contributed by atoms with Crippen molar-refractivity contribution in [1.29, 1.82) is 0 Å². The monoisotopic (exact) mass is 346 g/mol. The molecule has 0 radical (unpaired) electrons. The maximum Gasteiger partial charge on any atom is 0.278 e. The number of hydrogen-bond donors (Lipinski definition) is 0. The van der Waals surface area contributed by atoms with E-state index in [9.17, 15) is 4.79 Å². The molecule has 1 aliphatic heterocycles. The predicted molar refractivity (Wildman–Crippen MR) is 89.8 cm³/mol. The topological polar surface area (TPSA) is 55.6 Å². The van der Waals surface area contributed by atoms with Crippen LogP contribution in [0.25, 0.3) is 11.3 Å². The van der Waals surface area contributed by atoms with E-state index in [1.54, 1.807) is 18.2 Å². The van der Waals surface area contributed by atoms with Gasteiger partial charge in [0.25, 0.3) is 5.91 Å². The Labute approximate surface area is 145 Å². The molecule has 0 N–H and O–H groups in total. The van der Waals surface area contributed by atoms with Crippen LogP contribution in [0.1, 0.15) is 42.6 Å². The van der Waals surface area contributed by atoms with Crippen molar-refractivity contribution in [3.63, 3.8) is 0 Å². The van der Waals surface area contributed by atoms with Crippen molar-refractivity contribution < 1.29 is 14.1 Å². The molecule has 2 heterocycles. The number of nitrogens with zero attached hydrogens (tertiary/aromatic N) is 2. The highest BCUT2D eigenvalue weighted by Gasteiger charge is 2.46. The Bertz CT molecular complexity index is 735. The fourth-order valence-corrected chi connectivity index (χ4v) is 3.80. The summed E-state index contributed by atoms with van der Waals surface area (Å²) in [6.45, 7) is 1.20. The lowest BCUT2D eigenvalue weighted by molar-refractivity contribution is -0.0921. The standard InChI is InChI=1S/C18H19ClN2O3/c19-14-6-4-13(5-7-14)16-12-15(20-24-16)17(22)21-10-11-23-18(21)8-2-1-3-9-18/h4-7,12H,1-3,8-11H2. The van der Waals surface area contributed by atoms with Crippen LogP contribution in [0, 0.1) is 0 Å². The van der Waals surface area contributed by atoms with E-state index in [0.29, 0.717) is 29.6 Å². The summed E-state index contributed by atoms with van der Waals surface area (Å²) in [5.41, 5.74) is 0.737. The zero-order valence-electron chi connectivity index (χ0n) is 13.3. The molecule has 1 aromatic heterocycles. The Balaban J connectivity index is 1.57. The van der Waals surface area contributed by atoms with Crippen molar-refractivity contribution in [1.82, 2.24) is 10.1 Å². The smallest absolute Gasteiger partial charge is 0.278 e. The molecular weight excluding hydrogens is 328 g/mol. The van der Waals surface area contributed by atoms with Gasteiger partial charge in [-0.15, -0.1) is 0 Å². The first kappa shape index (κ1) is 15.7. The Morgan fingerprint density at radius 3 is 2.67 bits per heavy atom. The fraction of sp³-hybridized carbons (Fsp3) is 0.444. The summed E-state index contributed by atoms with van der Waals surface area (Å²) in [6.07, 6.45) is 5.20. The molecule has 2 aromatic rings. The van der Waals surface area contributed by atoms with Gasteiger partial charge in [0.1, 0.15) is 5.72 Å². The van der Waals surface area contributed by atoms with E-state index < -0.39 is 5.72 Å². The highest BCUT2D eigenvalue weighted by molar-refractivity contribution is 6.30. The predicted octanol–water partition coefficient (Wildman–Crippen LogP) is 4.13. The van der Waals surface area contributed by atoms with Crippen molar-refractivity contribution in [2.75, 3.05) is 13.2 Å². The second-order valence-corrected chi connectivity index (χ2v) is 6.83. The lowest BCUT2D eigenvalue weighted by atomic mass is 9.90. The van der Waals surface area contributed by atoms with Gasteiger partial charge in [0.15, 0.2) is 11.5 Å². The number of amides is 1. The third kappa shape index (κ3) is 2.72. The zero-order valence-corrected chi connectivity index (χ0v) is 14.1. The number of aromatic nitrogens is 1. The molecule has 0 bridgehead atoms. The minimum atomic E-state index is -0.436. The molecule has 1 aliphatic carbocycles. The van der Waals surface area contributed by atoms with E-state index in [1.807, 2.05) is 17.0 Å². The summed E-state index contributed by atoms with van der Waals surface area (Å²) in [5.74, 6) is 0.450. The Morgan fingerprint density at radius 2 is 1.92 bits per heavy atom. The van der Waals surface area contributed by atoms with Gasteiger partial charge in [-0.1, -0.05) is 23.2 Å². The van der Waals surface area contributed by atoms with E-state index in [0.717, 1.165) is 31.2 Å². The van der Waals surface area contributed by atoms with Crippen molar-refractivity contribution in [3.8, 4) is 11.3 Å². The Hall–Kier alpha value is -1.85. The maximum absolute atomic E-state index is 12.9. The van der Waals surface area contributed by atoms with Crippen LogP contribution >= 0.6 is 11.6 Å². The highest BCUT2D eigenvalue weighted by Crippen LogP contribution is 2.38. The number of ether oxygens (including phenoxy) is 1. The summed E-state index contributed by atoms with van der Waals surface area (Å²) in [5, 5.41) is 4.64. The largest absolute Gasteiger partial charge is 0.355 e. The number of rotatable bonds is 2. The number of carbonyl (C=O) groups is 1. The fourth-order valence-electron chi connectivity index (χ4n) is 3.68. The van der Waals surface area contributed by atoms with Crippen molar-refractivity contribution >= 4 is 17.5 Å². The van der Waals surface area contributed by atoms with Crippen LogP contribution < -0.4 is 0 Å². The lowest BCUT2D eigenvalue weighted by Gasteiger charge is -2.39. The maximum atomic E-state index is 12.9. The second-order valence-electron chi connectivity index (χ2n) is 6.40. The quantitative estimate of drug-likeness (QED) is 0.820. The van der Waals surface area contributed by atoms with Gasteiger partial charge < -0.3 is 14.2 Å². The first-order valence-electron chi connectivity index (χ1n) is 8.37. The first-order valence-corrected chi connectivity index (χ1v) is 8.74. The number of carbonyl (C=O) groups excluding carboxylic acids is 1. The molecule has 126 valence electrons. The van der Waals surface area contributed by atoms with E-state index in [1.165, 1.54) is 6.42 Å². The molecule has 1 amide bonds. The molecule has 1 spiro atoms. The average molecular weight is 347 g/mol. The van der Waals surface area contributed by atoms with Crippen molar-refractivity contribution in [2.24, 2.45) is 0 Å². The molecule has 24 heavy (non-hydrogen) atoms. The van der Waals surface area contributed by atoms with Gasteiger partial charge in [-0.25, -0.2) is 0 Å². The summed E-state index contributed by atoms with van der Waals surface area (Å²) >= 11 is 5.90. The molecule has 0 atom stereocenters. The van der Waals surface area contributed by atoms with Crippen LogP contribution in [0.15, 0.2) is 34.9 Å². The van der Waals surface area contributed by atoms with Gasteiger partial charge in [-0.3, -0.25) is 4.79 Å². The summed E-state index contributed by atoms with van der Waals surface area (Å²) < 4.78 is 11.3. The van der Waals surface area contributed by atoms with Gasteiger partial charge >= 0.3 is 0 Å². The molecular formula is C18H19ClN2O3. The average Bonchev–Trinajstić information content (AvgIpc) is 3.24. The van der Waals surface area contributed by atoms with Gasteiger partial charge in [-0.2, -0.15) is 0 Å². The van der Waals surface area contributed by atoms with Crippen molar-refractivity contribution in [2.45, 2.75) is 37.8 Å². The number of benzene rings is 1. The molecule has 1 aromatic carbocycles. The summed E-state index contributed by atoms with van der Waals surface area (Å²) in [4.78, 5) is 14.8. The molecule has 2 fully saturated rings. The zero-order chi connectivity index (χ0) is 16.6. The van der Waals surface area contributed by atoms with Gasteiger partial charge in [0.05, 0.1) is 6.61 Å². The second kappa shape index (κ2) is 6.22. The van der Waals surface area contributed by atoms with E-state index >= 15 is 0 Å². The minimum absolute atomic E-state index is 0.113. The Morgan fingerprint density at radius 1 is 1.17 bits per heavy atom. The summed E-state index contributed by atoms with van der Waals surface area (Å²) in [7, 11) is 0. The first-order chi connectivity index (χ1) is 11.7. The molecule has 6 heteroatoms. The molecule has 1 saturated heterocycles. The van der Waals surface area contributed by atoms with E-state index in [4.69, 9.17) is 20.9 Å². The molecule has 0 unspecified atom stereocenters. The molecule has 2 aliphatic rings. The van der Waals surface area contributed by atoms with E-state index in [-0.39, 0.29) is 5.91 Å². The van der Waals surface area contributed by atoms with Crippen LogP contribution in [-0.2, 0) is 4.74 Å². The van der Waals surface area contributed by atoms with Gasteiger partial charge in [0, 0.05) is 23.2 Å². The van der Waals surface area contributed by atoms with Crippen LogP contribution in [0.2, 0.25) is 5.02 Å².